The van der Waals surface area contributed by atoms with Gasteiger partial charge in [-0.1, -0.05) is 12.1 Å². The van der Waals surface area contributed by atoms with E-state index in [1.807, 2.05) is 18.2 Å². The van der Waals surface area contributed by atoms with Crippen molar-refractivity contribution < 1.29 is 4.92 Å². The summed E-state index contributed by atoms with van der Waals surface area (Å²) in [6.45, 7) is 0. The van der Waals surface area contributed by atoms with Gasteiger partial charge in [-0.3, -0.25) is 15.2 Å². The summed E-state index contributed by atoms with van der Waals surface area (Å²) in [5.41, 5.74) is 8.89. The van der Waals surface area contributed by atoms with Crippen molar-refractivity contribution >= 4 is 22.3 Å². The minimum atomic E-state index is -0.505. The number of aromatic amines is 2. The number of nitrogens with one attached hydrogen (secondary N) is 2. The fourth-order valence-electron chi connectivity index (χ4n) is 2.57. The van der Waals surface area contributed by atoms with Crippen molar-refractivity contribution in [3.8, 4) is 22.6 Å². The Morgan fingerprint density at radius 3 is 2.75 bits per heavy atom. The second kappa shape index (κ2) is 5.20. The Hall–Kier alpha value is -3.68. The summed E-state index contributed by atoms with van der Waals surface area (Å²) in [5, 5.41) is 19.0. The lowest BCUT2D eigenvalue weighted by molar-refractivity contribution is -0.383. The summed E-state index contributed by atoms with van der Waals surface area (Å²) in [5.74, 6) is 0.540. The predicted molar refractivity (Wildman–Crippen MR) is 90.2 cm³/mol. The van der Waals surface area contributed by atoms with Crippen molar-refractivity contribution in [3.63, 3.8) is 0 Å². The Morgan fingerprint density at radius 2 is 1.92 bits per heavy atom. The summed E-state index contributed by atoms with van der Waals surface area (Å²) in [7, 11) is 0. The van der Waals surface area contributed by atoms with Crippen molar-refractivity contribution in [1.29, 1.82) is 0 Å². The van der Waals surface area contributed by atoms with Crippen molar-refractivity contribution in [1.82, 2.24) is 20.2 Å². The van der Waals surface area contributed by atoms with E-state index in [9.17, 15) is 10.1 Å². The molecule has 4 aromatic rings. The zero-order valence-corrected chi connectivity index (χ0v) is 12.4. The first-order valence-electron chi connectivity index (χ1n) is 7.14. The molecular weight excluding hydrogens is 308 g/mol. The highest BCUT2D eigenvalue weighted by Crippen LogP contribution is 2.29. The van der Waals surface area contributed by atoms with Crippen molar-refractivity contribution in [2.45, 2.75) is 0 Å². The number of rotatable bonds is 3. The molecule has 4 N–H and O–H groups in total. The van der Waals surface area contributed by atoms with Gasteiger partial charge in [0.25, 0.3) is 5.69 Å². The number of anilines is 1. The minimum Gasteiger partial charge on any atom is -0.393 e. The van der Waals surface area contributed by atoms with Crippen LogP contribution in [0.1, 0.15) is 0 Å². The van der Waals surface area contributed by atoms with Gasteiger partial charge in [0.2, 0.25) is 0 Å². The lowest BCUT2D eigenvalue weighted by Gasteiger charge is -2.01. The number of imidazole rings is 1. The number of nitrogens with zero attached hydrogens (tertiary/aromatic N) is 3. The van der Waals surface area contributed by atoms with Crippen molar-refractivity contribution in [2.75, 3.05) is 5.73 Å². The third-order valence-corrected chi connectivity index (χ3v) is 3.83. The molecule has 8 heteroatoms. The van der Waals surface area contributed by atoms with Crippen LogP contribution >= 0.6 is 0 Å². The van der Waals surface area contributed by atoms with Gasteiger partial charge in [0, 0.05) is 22.6 Å². The highest BCUT2D eigenvalue weighted by molar-refractivity contribution is 5.83. The molecule has 118 valence electrons. The van der Waals surface area contributed by atoms with Crippen LogP contribution < -0.4 is 5.73 Å². The molecule has 2 heterocycles. The number of benzene rings is 2. The van der Waals surface area contributed by atoms with Gasteiger partial charge < -0.3 is 10.7 Å². The molecule has 0 amide bonds. The lowest BCUT2D eigenvalue weighted by atomic mass is 10.1. The maximum Gasteiger partial charge on any atom is 0.292 e. The average molecular weight is 320 g/mol. The third kappa shape index (κ3) is 2.26. The van der Waals surface area contributed by atoms with E-state index in [0.29, 0.717) is 11.4 Å². The highest BCUT2D eigenvalue weighted by atomic mass is 16.6. The molecule has 0 saturated carbocycles. The SMILES string of the molecule is Nc1ccc(-c2ncc(-c3ccc4cn[nH]c4c3)[nH]2)cc1[N+](=O)[O-]. The summed E-state index contributed by atoms with van der Waals surface area (Å²) >= 11 is 0. The molecule has 2 aromatic heterocycles. The monoisotopic (exact) mass is 320 g/mol. The molecule has 0 bridgehead atoms. The number of H-pyrrole nitrogens is 2. The number of nitrogens with two attached hydrogens (primary N) is 1. The Kier molecular flexibility index (Phi) is 3.02. The number of nitro benzene ring substituents is 1. The van der Waals surface area contributed by atoms with Crippen LogP contribution in [0.3, 0.4) is 0 Å². The molecule has 0 saturated heterocycles. The van der Waals surface area contributed by atoms with Crippen LogP contribution in [0, 0.1) is 10.1 Å². The van der Waals surface area contributed by atoms with Crippen LogP contribution in [0.25, 0.3) is 33.5 Å². The Morgan fingerprint density at radius 1 is 1.08 bits per heavy atom. The zero-order valence-electron chi connectivity index (χ0n) is 12.4. The number of hydrogen-bond acceptors (Lipinski definition) is 5. The molecule has 0 atom stereocenters. The predicted octanol–water partition coefficient (Wildman–Crippen LogP) is 3.11. The molecule has 0 spiro atoms. The van der Waals surface area contributed by atoms with Crippen LogP contribution in [0.4, 0.5) is 11.4 Å². The fourth-order valence-corrected chi connectivity index (χ4v) is 2.57. The molecule has 0 aliphatic rings. The van der Waals surface area contributed by atoms with E-state index in [1.54, 1.807) is 18.5 Å². The van der Waals surface area contributed by atoms with Gasteiger partial charge in [-0.15, -0.1) is 0 Å². The van der Waals surface area contributed by atoms with Crippen molar-refractivity contribution in [3.05, 3.63) is 58.9 Å². The number of aromatic nitrogens is 4. The normalized spacial score (nSPS) is 11.0. The van der Waals surface area contributed by atoms with E-state index in [2.05, 4.69) is 20.2 Å². The largest absolute Gasteiger partial charge is 0.393 e. The molecular formula is C16H12N6O2. The maximum absolute atomic E-state index is 11.0. The summed E-state index contributed by atoms with van der Waals surface area (Å²) in [4.78, 5) is 18.0. The zero-order chi connectivity index (χ0) is 16.7. The summed E-state index contributed by atoms with van der Waals surface area (Å²) < 4.78 is 0. The molecule has 0 aliphatic carbocycles. The first-order valence-corrected chi connectivity index (χ1v) is 7.14. The lowest BCUT2D eigenvalue weighted by Crippen LogP contribution is -1.96. The van der Waals surface area contributed by atoms with E-state index in [-0.39, 0.29) is 11.4 Å². The van der Waals surface area contributed by atoms with Crippen LogP contribution in [-0.2, 0) is 0 Å². The summed E-state index contributed by atoms with van der Waals surface area (Å²) in [6.07, 6.45) is 3.44. The number of hydrogen-bond donors (Lipinski definition) is 3. The fraction of sp³-hybridized carbons (Fsp3) is 0. The second-order valence-electron chi connectivity index (χ2n) is 5.35. The van der Waals surface area contributed by atoms with Gasteiger partial charge in [-0.05, 0) is 18.2 Å². The smallest absolute Gasteiger partial charge is 0.292 e. The van der Waals surface area contributed by atoms with Crippen LogP contribution in [0.15, 0.2) is 48.8 Å². The van der Waals surface area contributed by atoms with E-state index < -0.39 is 4.92 Å². The third-order valence-electron chi connectivity index (χ3n) is 3.83. The van der Waals surface area contributed by atoms with Gasteiger partial charge in [0.1, 0.15) is 11.5 Å². The standard InChI is InChI=1S/C16H12N6O2/c17-12-4-3-10(6-15(12)22(23)24)16-18-8-14(20-16)9-1-2-11-7-19-21-13(11)5-9/h1-8H,17H2,(H,18,20)(H,19,21). The summed E-state index contributed by atoms with van der Waals surface area (Å²) in [6, 6.07) is 10.5. The van der Waals surface area contributed by atoms with E-state index >= 15 is 0 Å². The number of nitro groups is 1. The first kappa shape index (κ1) is 13.9. The molecule has 4 rings (SSSR count). The Bertz CT molecular complexity index is 1070. The van der Waals surface area contributed by atoms with Gasteiger partial charge in [0.15, 0.2) is 0 Å². The Labute approximate surface area is 135 Å². The quantitative estimate of drug-likeness (QED) is 0.304. The van der Waals surface area contributed by atoms with Gasteiger partial charge in [-0.25, -0.2) is 4.98 Å². The topological polar surface area (TPSA) is 127 Å². The second-order valence-corrected chi connectivity index (χ2v) is 5.35. The van der Waals surface area contributed by atoms with Crippen LogP contribution in [0.2, 0.25) is 0 Å². The highest BCUT2D eigenvalue weighted by Gasteiger charge is 2.14. The Balaban J connectivity index is 1.74. The first-order chi connectivity index (χ1) is 11.6. The molecule has 0 fully saturated rings. The van der Waals surface area contributed by atoms with E-state index in [0.717, 1.165) is 22.2 Å². The van der Waals surface area contributed by atoms with E-state index in [4.69, 9.17) is 5.73 Å². The molecule has 0 aliphatic heterocycles. The van der Waals surface area contributed by atoms with Gasteiger partial charge in [0.05, 0.1) is 28.5 Å². The minimum absolute atomic E-state index is 0.125. The number of nitrogen functional groups attached to an aromatic ring is 1. The number of fused-ring (bicyclic) bond motifs is 1. The maximum atomic E-state index is 11.0. The van der Waals surface area contributed by atoms with Crippen LogP contribution in [0.5, 0.6) is 0 Å². The molecule has 2 aromatic carbocycles. The van der Waals surface area contributed by atoms with E-state index in [1.165, 1.54) is 12.1 Å². The average Bonchev–Trinajstić information content (AvgIpc) is 3.23. The van der Waals surface area contributed by atoms with Gasteiger partial charge >= 0.3 is 0 Å². The van der Waals surface area contributed by atoms with Crippen LogP contribution in [-0.4, -0.2) is 25.1 Å². The molecule has 0 unspecified atom stereocenters. The molecule has 8 nitrogen and oxygen atoms in total. The molecule has 24 heavy (non-hydrogen) atoms. The van der Waals surface area contributed by atoms with Crippen molar-refractivity contribution in [2.24, 2.45) is 0 Å². The molecule has 0 radical (unpaired) electrons. The van der Waals surface area contributed by atoms with Gasteiger partial charge in [-0.2, -0.15) is 5.10 Å².